The number of esters is 1. The number of ether oxygens (including phenoxy) is 14. The van der Waals surface area contributed by atoms with Gasteiger partial charge < -0.3 is 133 Å². The van der Waals surface area contributed by atoms with Gasteiger partial charge in [0.05, 0.1) is 97.5 Å². The molecule has 13 N–H and O–H groups in total. The monoisotopic (exact) mass is 1920 g/mol. The number of aromatic hydroxyl groups is 3. The van der Waals surface area contributed by atoms with Crippen molar-refractivity contribution in [2.45, 2.75) is 167 Å². The minimum atomic E-state index is -1.44. The van der Waals surface area contributed by atoms with Crippen LogP contribution in [0.15, 0.2) is 193 Å². The van der Waals surface area contributed by atoms with Crippen molar-refractivity contribution in [1.82, 2.24) is 0 Å². The van der Waals surface area contributed by atoms with Gasteiger partial charge in [-0.05, 0) is 219 Å². The second kappa shape index (κ2) is 51.4. The Morgan fingerprint density at radius 2 is 1.16 bits per heavy atom. The molecule has 0 unspecified atom stereocenters. The minimum Gasteiger partial charge on any atom is -0.504 e. The van der Waals surface area contributed by atoms with Gasteiger partial charge in [0.25, 0.3) is 0 Å². The number of phenolic OH excluding ortho intramolecular Hbond substituents is 3. The molecule has 3 saturated heterocycles. The summed E-state index contributed by atoms with van der Waals surface area (Å²) >= 11 is 0. The molecule has 4 aliphatic heterocycles. The van der Waals surface area contributed by atoms with Gasteiger partial charge in [-0.15, -0.1) is 0 Å². The Morgan fingerprint density at radius 1 is 0.561 bits per heavy atom. The number of rotatable bonds is 33. The number of carboxylic acids is 3. The third kappa shape index (κ3) is 27.9. The Bertz CT molecular complexity index is 5900. The number of amides is 1. The molecule has 0 spiro atoms. The van der Waals surface area contributed by atoms with Crippen molar-refractivity contribution in [2.24, 2.45) is 17.6 Å². The highest BCUT2D eigenvalue weighted by Gasteiger charge is 2.56. The summed E-state index contributed by atoms with van der Waals surface area (Å²) in [4.78, 5) is 93.7. The number of benzene rings is 9. The predicted molar refractivity (Wildman–Crippen MR) is 513 cm³/mol. The normalized spacial score (nSPS) is 19.3. The molecule has 4 heterocycles. The molecule has 9 aromatic carbocycles. The number of carboxylic acid groups (broad SMARTS) is 3. The number of allylic oxidation sites excluding steroid dienone is 2. The maximum Gasteiger partial charge on any atom is 0.337 e. The Kier molecular flexibility index (Phi) is 39.5. The van der Waals surface area contributed by atoms with Crippen LogP contribution in [0.3, 0.4) is 0 Å². The van der Waals surface area contributed by atoms with Gasteiger partial charge in [-0.25, -0.2) is 9.59 Å². The number of hydrogen-bond donors (Lipinski definition) is 12. The van der Waals surface area contributed by atoms with Crippen molar-refractivity contribution in [3.8, 4) is 57.5 Å². The fourth-order valence-corrected chi connectivity index (χ4v) is 16.5. The maximum atomic E-state index is 13.4. The van der Waals surface area contributed by atoms with Gasteiger partial charge in [0.15, 0.2) is 58.6 Å². The van der Waals surface area contributed by atoms with Gasteiger partial charge in [-0.1, -0.05) is 111 Å². The molecule has 1 amide bonds. The zero-order valence-corrected chi connectivity index (χ0v) is 79.5. The van der Waals surface area contributed by atoms with Crippen LogP contribution < -0.4 is 49.5 Å². The average Bonchev–Trinajstić information content (AvgIpc) is 1.69. The van der Waals surface area contributed by atoms with Gasteiger partial charge in [0.1, 0.15) is 42.0 Å². The van der Waals surface area contributed by atoms with Crippen LogP contribution in [0.5, 0.6) is 57.5 Å². The zero-order valence-electron chi connectivity index (χ0n) is 79.5. The third-order valence-corrected chi connectivity index (χ3v) is 24.1. The molecule has 0 radical (unpaired) electrons. The number of phenols is 3. The summed E-state index contributed by atoms with van der Waals surface area (Å²) in [6.45, 7) is 9.57. The number of aliphatic carboxylic acids is 1. The largest absolute Gasteiger partial charge is 0.504 e. The van der Waals surface area contributed by atoms with Crippen LogP contribution in [0.2, 0.25) is 0 Å². The van der Waals surface area contributed by atoms with E-state index in [1.165, 1.54) is 108 Å². The summed E-state index contributed by atoms with van der Waals surface area (Å²) in [7, 11) is 10.4. The molecule has 9 aromatic rings. The standard InChI is InChI=1S/C29H32O13.C19H30O5.C18H17NO5.C15H15NO2.C15H16O2.C9H11NO4/c1-11-36-9-20-27(40-11)24(31)25(32)29(41-20)42-26-14-7-17-16(38-10-39-17)6-13(14)21(22-15(26)8-37-28(22)33)12-4-18(34-2)23(30)19(5-12)35-3;1-14-15(12-10-8-6-4-5-7-9-11-13-20)17(22)19(24-3)18(23-2)16(14)21;1-23-15-9-7-12(11-16(15)24-2)8-10-17(20)19-14-6-4-3-5-13(14)18(21)22;1-10-6-5-9-13(11(10)2)16-14-8-4-3-7-12(14)15(17)18;1-11(16)3-4-12-5-6-14-10-15(17-2)8-7-13(14)9-12;10-6(9(13)14)3-5-1-2-7(11)8(12)4-5/h4-7,11,15,20-22,24-27,29-32H,8-10H2,1-3H3;20H,4-13H2,1-3H3;3-11H,1-2H3,(H,19,20)(H,21,22);3-9,16H,1-2H3,(H,17,18);5-10H,3-4H2,1-2H3;1-2,4,6,11-12H,3,10H2,(H,13,14)/b;;10-8+;;;/t11-,15+,20-,21-,22+,24-,25-,26-,27-,29+;;;;;6-/m1....0/s1. The minimum absolute atomic E-state index is 0.00614. The van der Waals surface area contributed by atoms with E-state index in [1.807, 2.05) is 56.3 Å². The molecule has 34 heteroatoms. The fraction of sp³-hybridized carbons (Fsp3) is 0.371. The number of para-hydroxylation sites is 2. The first-order chi connectivity index (χ1) is 66.7. The average molecular weight is 1920 g/mol. The molecule has 0 bridgehead atoms. The summed E-state index contributed by atoms with van der Waals surface area (Å²) in [5.41, 5.74) is 15.2. The summed E-state index contributed by atoms with van der Waals surface area (Å²) < 4.78 is 77.2. The van der Waals surface area contributed by atoms with Gasteiger partial charge in [0.2, 0.25) is 41.5 Å². The molecule has 742 valence electrons. The first kappa shape index (κ1) is 107. The van der Waals surface area contributed by atoms with E-state index in [0.717, 1.165) is 66.5 Å². The topological polar surface area (TPSA) is 498 Å². The van der Waals surface area contributed by atoms with Crippen molar-refractivity contribution in [3.63, 3.8) is 0 Å². The number of nitrogens with one attached hydrogen (secondary N) is 2. The molecule has 3 fully saturated rings. The van der Waals surface area contributed by atoms with E-state index >= 15 is 0 Å². The van der Waals surface area contributed by atoms with E-state index in [2.05, 4.69) is 28.8 Å². The van der Waals surface area contributed by atoms with Crippen molar-refractivity contribution in [3.05, 3.63) is 248 Å². The lowest BCUT2D eigenvalue weighted by Gasteiger charge is -2.47. The Morgan fingerprint density at radius 3 is 1.78 bits per heavy atom. The van der Waals surface area contributed by atoms with Gasteiger partial charge >= 0.3 is 23.9 Å². The lowest BCUT2D eigenvalue weighted by atomic mass is 9.66. The molecule has 0 aromatic heterocycles. The number of aromatic carboxylic acids is 2. The number of carbonyl (C=O) groups excluding carboxylic acids is 5. The van der Waals surface area contributed by atoms with Gasteiger partial charge in [0, 0.05) is 47.8 Å². The van der Waals surface area contributed by atoms with E-state index in [4.69, 9.17) is 103 Å². The Balaban J connectivity index is 0.000000180. The van der Waals surface area contributed by atoms with E-state index in [9.17, 15) is 53.7 Å². The van der Waals surface area contributed by atoms with Crippen LogP contribution in [-0.2, 0) is 74.8 Å². The molecule has 6 aliphatic rings. The summed E-state index contributed by atoms with van der Waals surface area (Å²) in [5.74, 6) is -3.31. The maximum absolute atomic E-state index is 13.4. The van der Waals surface area contributed by atoms with Crippen molar-refractivity contribution < 1.29 is 151 Å². The molecule has 15 rings (SSSR count). The van der Waals surface area contributed by atoms with Gasteiger partial charge in [-0.3, -0.25) is 24.0 Å². The number of anilines is 3. The highest BCUT2D eigenvalue weighted by molar-refractivity contribution is 6.23. The van der Waals surface area contributed by atoms with E-state index in [-0.39, 0.29) is 107 Å². The van der Waals surface area contributed by atoms with Crippen LogP contribution in [0.25, 0.3) is 16.8 Å². The van der Waals surface area contributed by atoms with E-state index in [1.54, 1.807) is 114 Å². The van der Waals surface area contributed by atoms with Crippen LogP contribution in [-0.4, -0.2) is 213 Å². The number of unbranched alkanes of at least 4 members (excludes halogenated alkanes) is 7. The number of aryl methyl sites for hydroxylation is 2. The fourth-order valence-electron chi connectivity index (χ4n) is 16.5. The van der Waals surface area contributed by atoms with Crippen molar-refractivity contribution in [1.29, 1.82) is 0 Å². The number of fused-ring (bicyclic) bond motifs is 5. The number of methoxy groups -OCH3 is 7. The molecule has 2 aliphatic carbocycles. The van der Waals surface area contributed by atoms with E-state index in [0.29, 0.717) is 74.9 Å². The number of cyclic esters (lactones) is 1. The Labute approximate surface area is 804 Å². The number of carbonyl (C=O) groups is 8. The lowest BCUT2D eigenvalue weighted by Crippen LogP contribution is -2.63. The number of aliphatic hydroxyl groups is 3. The summed E-state index contributed by atoms with van der Waals surface area (Å²) in [6.07, 6.45) is 6.84. The number of ketones is 3. The zero-order chi connectivity index (χ0) is 101. The number of aliphatic hydroxyl groups excluding tert-OH is 3. The molecule has 34 nitrogen and oxygen atoms in total. The van der Waals surface area contributed by atoms with Crippen LogP contribution >= 0.6 is 0 Å². The van der Waals surface area contributed by atoms with E-state index < -0.39 is 96.7 Å². The SMILES string of the molecule is COC1=C(OC)C(=O)C(CCCCCCCCCCO)=C(C)C1=O.COc1cc([C@@H]2c3cc4c(cc3[C@@H](O[C@@H]3O[C@@H]5CO[C@@H](C)O[C@H]5[C@H](O)[C@H]3O)[C@H]3COC(=O)[C@H]23)OCO4)cc(OC)c1O.COc1ccc(/C=C/C(=O)Nc2ccccc2C(=O)O)cc1OC.COc1ccc2cc(CCC(C)=O)ccc2c1.Cc1cccc(Nc2ccccc2C(=O)O)c1C.N[C@@H](Cc1ccc(O)c(O)c1)C(=O)O. The number of nitrogens with two attached hydrogens (primary N) is 1. The number of Topliss-reactive ketones (excluding diaryl/α,β-unsaturated/α-hetero) is 3. The second-order valence-corrected chi connectivity index (χ2v) is 33.4. The van der Waals surface area contributed by atoms with Crippen molar-refractivity contribution >= 4 is 81.0 Å². The molecule has 11 atom stereocenters. The molecular weight excluding hydrogens is 1800 g/mol. The molecule has 139 heavy (non-hydrogen) atoms. The lowest BCUT2D eigenvalue weighted by molar-refractivity contribution is -0.364. The first-order valence-electron chi connectivity index (χ1n) is 45.2. The van der Waals surface area contributed by atoms with Crippen LogP contribution in [0.4, 0.5) is 17.1 Å². The first-order valence-corrected chi connectivity index (χ1v) is 45.2. The second-order valence-electron chi connectivity index (χ2n) is 33.4. The van der Waals surface area contributed by atoms with Crippen LogP contribution in [0.1, 0.15) is 162 Å². The quantitative estimate of drug-likeness (QED) is 0.00597. The molecular formula is C105H121N3O31. The predicted octanol–water partition coefficient (Wildman–Crippen LogP) is 15.0. The Hall–Kier alpha value is -14.1. The third-order valence-electron chi connectivity index (χ3n) is 24.1. The van der Waals surface area contributed by atoms with Crippen LogP contribution in [0, 0.1) is 25.7 Å². The van der Waals surface area contributed by atoms with Gasteiger partial charge in [-0.2, -0.15) is 0 Å². The number of hydrogen-bond acceptors (Lipinski definition) is 30. The molecule has 0 saturated carbocycles. The smallest absolute Gasteiger partial charge is 0.337 e. The summed E-state index contributed by atoms with van der Waals surface area (Å²) in [6, 6.07) is 46.6. The highest BCUT2D eigenvalue weighted by atomic mass is 16.8. The van der Waals surface area contributed by atoms with Crippen molar-refractivity contribution in [2.75, 3.05) is 87.0 Å². The highest BCUT2D eigenvalue weighted by Crippen LogP contribution is 2.57. The summed E-state index contributed by atoms with van der Waals surface area (Å²) in [5, 5.41) is 94.2.